The molecule has 18 heavy (non-hydrogen) atoms. The monoisotopic (exact) mass is 269 g/mol. The summed E-state index contributed by atoms with van der Waals surface area (Å²) >= 11 is 1.94. The molecule has 0 amide bonds. The zero-order chi connectivity index (χ0) is 13.4. The molecule has 1 atom stereocenters. The molecule has 0 aliphatic heterocycles. The van der Waals surface area contributed by atoms with Gasteiger partial charge in [0.15, 0.2) is 0 Å². The van der Waals surface area contributed by atoms with Gasteiger partial charge in [-0.2, -0.15) is 11.8 Å². The SMILES string of the molecule is CCNC(CSCC(C)C)c1nccnc1OC. The average molecular weight is 269 g/mol. The van der Waals surface area contributed by atoms with Gasteiger partial charge in [-0.15, -0.1) is 0 Å². The highest BCUT2D eigenvalue weighted by atomic mass is 32.2. The Balaban J connectivity index is 2.70. The molecule has 0 saturated heterocycles. The van der Waals surface area contributed by atoms with Gasteiger partial charge in [0.05, 0.1) is 13.2 Å². The molecule has 1 aromatic heterocycles. The second-order valence-corrected chi connectivity index (χ2v) is 5.57. The van der Waals surface area contributed by atoms with E-state index in [0.29, 0.717) is 11.8 Å². The number of thioether (sulfide) groups is 1. The number of nitrogens with one attached hydrogen (secondary N) is 1. The third kappa shape index (κ3) is 4.82. The van der Waals surface area contributed by atoms with E-state index in [4.69, 9.17) is 4.74 Å². The predicted octanol–water partition coefficient (Wildman–Crippen LogP) is 2.53. The van der Waals surface area contributed by atoms with Gasteiger partial charge in [0.25, 0.3) is 0 Å². The second kappa shape index (κ2) is 8.32. The molecule has 0 saturated carbocycles. The fourth-order valence-electron chi connectivity index (χ4n) is 1.63. The minimum absolute atomic E-state index is 0.197. The summed E-state index contributed by atoms with van der Waals surface area (Å²) in [6.45, 7) is 7.48. The number of rotatable bonds is 8. The maximum atomic E-state index is 5.28. The molecule has 1 N–H and O–H groups in total. The van der Waals surface area contributed by atoms with Crippen LogP contribution in [0.25, 0.3) is 0 Å². The Kier molecular flexibility index (Phi) is 7.05. The van der Waals surface area contributed by atoms with Gasteiger partial charge < -0.3 is 10.1 Å². The first kappa shape index (κ1) is 15.2. The predicted molar refractivity (Wildman–Crippen MR) is 77.2 cm³/mol. The minimum Gasteiger partial charge on any atom is -0.480 e. The van der Waals surface area contributed by atoms with Crippen molar-refractivity contribution in [3.63, 3.8) is 0 Å². The van der Waals surface area contributed by atoms with Crippen molar-refractivity contribution < 1.29 is 4.74 Å². The van der Waals surface area contributed by atoms with Gasteiger partial charge in [-0.25, -0.2) is 4.98 Å². The van der Waals surface area contributed by atoms with E-state index in [1.54, 1.807) is 19.5 Å². The summed E-state index contributed by atoms with van der Waals surface area (Å²) in [5.41, 5.74) is 0.901. The standard InChI is InChI=1S/C13H23N3OS/c1-5-14-11(9-18-8-10(2)3)12-13(17-4)16-7-6-15-12/h6-7,10-11,14H,5,8-9H2,1-4H3. The smallest absolute Gasteiger partial charge is 0.237 e. The Morgan fingerprint density at radius 1 is 1.28 bits per heavy atom. The Morgan fingerprint density at radius 2 is 2.00 bits per heavy atom. The lowest BCUT2D eigenvalue weighted by Gasteiger charge is -2.18. The lowest BCUT2D eigenvalue weighted by Crippen LogP contribution is -2.25. The van der Waals surface area contributed by atoms with Crippen molar-refractivity contribution in [3.05, 3.63) is 18.1 Å². The fraction of sp³-hybridized carbons (Fsp3) is 0.692. The van der Waals surface area contributed by atoms with Crippen molar-refractivity contribution in [1.29, 1.82) is 0 Å². The molecular weight excluding hydrogens is 246 g/mol. The summed E-state index contributed by atoms with van der Waals surface area (Å²) in [6, 6.07) is 0.197. The molecular formula is C13H23N3OS. The van der Waals surface area contributed by atoms with Gasteiger partial charge in [0, 0.05) is 18.1 Å². The van der Waals surface area contributed by atoms with E-state index in [0.717, 1.165) is 23.7 Å². The summed E-state index contributed by atoms with van der Waals surface area (Å²) in [7, 11) is 1.64. The van der Waals surface area contributed by atoms with Crippen LogP contribution >= 0.6 is 11.8 Å². The summed E-state index contributed by atoms with van der Waals surface area (Å²) < 4.78 is 5.28. The largest absolute Gasteiger partial charge is 0.480 e. The molecule has 5 heteroatoms. The number of hydrogen-bond donors (Lipinski definition) is 1. The van der Waals surface area contributed by atoms with Crippen LogP contribution in [0.4, 0.5) is 0 Å². The second-order valence-electron chi connectivity index (χ2n) is 4.49. The van der Waals surface area contributed by atoms with E-state index in [1.165, 1.54) is 0 Å². The third-order valence-electron chi connectivity index (χ3n) is 2.40. The van der Waals surface area contributed by atoms with Crippen LogP contribution in [0, 0.1) is 5.92 Å². The van der Waals surface area contributed by atoms with Crippen LogP contribution in [0.1, 0.15) is 32.5 Å². The Bertz CT molecular complexity index is 347. The highest BCUT2D eigenvalue weighted by Gasteiger charge is 2.17. The van der Waals surface area contributed by atoms with Gasteiger partial charge in [0.1, 0.15) is 5.69 Å². The molecule has 0 aliphatic carbocycles. The maximum Gasteiger partial charge on any atom is 0.237 e. The van der Waals surface area contributed by atoms with Gasteiger partial charge in [-0.05, 0) is 18.2 Å². The molecule has 1 aromatic rings. The normalized spacial score (nSPS) is 12.7. The molecule has 1 unspecified atom stereocenters. The molecule has 0 fully saturated rings. The van der Waals surface area contributed by atoms with Crippen molar-refractivity contribution in [3.8, 4) is 5.88 Å². The summed E-state index contributed by atoms with van der Waals surface area (Å²) in [5.74, 6) is 3.47. The maximum absolute atomic E-state index is 5.28. The van der Waals surface area contributed by atoms with Crippen LogP contribution in [0.5, 0.6) is 5.88 Å². The molecule has 0 bridgehead atoms. The first-order valence-corrected chi connectivity index (χ1v) is 7.50. The van der Waals surface area contributed by atoms with Crippen molar-refractivity contribution in [2.75, 3.05) is 25.2 Å². The highest BCUT2D eigenvalue weighted by molar-refractivity contribution is 7.99. The van der Waals surface area contributed by atoms with E-state index >= 15 is 0 Å². The van der Waals surface area contributed by atoms with Crippen molar-refractivity contribution >= 4 is 11.8 Å². The van der Waals surface area contributed by atoms with Crippen molar-refractivity contribution in [2.45, 2.75) is 26.8 Å². The number of methoxy groups -OCH3 is 1. The number of nitrogens with zero attached hydrogens (tertiary/aromatic N) is 2. The first-order valence-electron chi connectivity index (χ1n) is 6.35. The van der Waals surface area contributed by atoms with Gasteiger partial charge in [0.2, 0.25) is 5.88 Å². The molecule has 0 aliphatic rings. The zero-order valence-electron chi connectivity index (χ0n) is 11.6. The zero-order valence-corrected chi connectivity index (χ0v) is 12.5. The lowest BCUT2D eigenvalue weighted by molar-refractivity contribution is 0.381. The summed E-state index contributed by atoms with van der Waals surface area (Å²) in [5, 5.41) is 3.44. The topological polar surface area (TPSA) is 47.0 Å². The number of ether oxygens (including phenoxy) is 1. The van der Waals surface area contributed by atoms with Crippen LogP contribution < -0.4 is 10.1 Å². The van der Waals surface area contributed by atoms with Gasteiger partial charge >= 0.3 is 0 Å². The minimum atomic E-state index is 0.197. The summed E-state index contributed by atoms with van der Waals surface area (Å²) in [4.78, 5) is 8.61. The van der Waals surface area contributed by atoms with E-state index in [1.807, 2.05) is 11.8 Å². The average Bonchev–Trinajstić information content (AvgIpc) is 2.37. The van der Waals surface area contributed by atoms with Crippen LogP contribution in [-0.2, 0) is 0 Å². The van der Waals surface area contributed by atoms with Crippen molar-refractivity contribution in [2.24, 2.45) is 5.92 Å². The van der Waals surface area contributed by atoms with Crippen LogP contribution in [-0.4, -0.2) is 35.1 Å². The molecule has 4 nitrogen and oxygen atoms in total. The van der Waals surface area contributed by atoms with Gasteiger partial charge in [-0.1, -0.05) is 20.8 Å². The lowest BCUT2D eigenvalue weighted by atomic mass is 10.2. The van der Waals surface area contributed by atoms with E-state index in [2.05, 4.69) is 36.1 Å². The highest BCUT2D eigenvalue weighted by Crippen LogP contribution is 2.24. The molecule has 0 spiro atoms. The number of hydrogen-bond acceptors (Lipinski definition) is 5. The van der Waals surface area contributed by atoms with E-state index in [-0.39, 0.29) is 6.04 Å². The van der Waals surface area contributed by atoms with Crippen molar-refractivity contribution in [1.82, 2.24) is 15.3 Å². The van der Waals surface area contributed by atoms with Crippen LogP contribution in [0.3, 0.4) is 0 Å². The molecule has 1 heterocycles. The molecule has 0 aromatic carbocycles. The number of aromatic nitrogens is 2. The molecule has 0 radical (unpaired) electrons. The Labute approximate surface area is 114 Å². The molecule has 1 rings (SSSR count). The third-order valence-corrected chi connectivity index (χ3v) is 3.87. The summed E-state index contributed by atoms with van der Waals surface area (Å²) in [6.07, 6.45) is 3.38. The molecule has 102 valence electrons. The van der Waals surface area contributed by atoms with Gasteiger partial charge in [-0.3, -0.25) is 4.98 Å². The first-order chi connectivity index (χ1) is 8.69. The Hall–Kier alpha value is -0.810. The van der Waals surface area contributed by atoms with E-state index < -0.39 is 0 Å². The van der Waals surface area contributed by atoms with Crippen LogP contribution in [0.15, 0.2) is 12.4 Å². The Morgan fingerprint density at radius 3 is 2.61 bits per heavy atom. The van der Waals surface area contributed by atoms with E-state index in [9.17, 15) is 0 Å². The van der Waals surface area contributed by atoms with Crippen LogP contribution in [0.2, 0.25) is 0 Å². The quantitative estimate of drug-likeness (QED) is 0.786. The fourth-order valence-corrected chi connectivity index (χ4v) is 2.75.